The summed E-state index contributed by atoms with van der Waals surface area (Å²) in [5.74, 6) is 0.524. The molecule has 2 amide bonds. The number of nitrogens with one attached hydrogen (secondary N) is 2. The second-order valence-corrected chi connectivity index (χ2v) is 3.82. The molecule has 0 radical (unpaired) electrons. The van der Waals surface area contributed by atoms with E-state index in [-0.39, 0.29) is 23.8 Å². The highest BCUT2D eigenvalue weighted by molar-refractivity contribution is 5.82. The molecule has 0 bridgehead atoms. The maximum absolute atomic E-state index is 11.3. The second-order valence-electron chi connectivity index (χ2n) is 3.82. The fourth-order valence-corrected chi connectivity index (χ4v) is 1.52. The summed E-state index contributed by atoms with van der Waals surface area (Å²) in [6.45, 7) is 0.595. The third kappa shape index (κ3) is 2.20. The van der Waals surface area contributed by atoms with Gasteiger partial charge in [0.1, 0.15) is 0 Å². The van der Waals surface area contributed by atoms with Crippen LogP contribution in [-0.2, 0) is 9.59 Å². The van der Waals surface area contributed by atoms with Gasteiger partial charge in [0, 0.05) is 24.9 Å². The van der Waals surface area contributed by atoms with Crippen molar-refractivity contribution in [1.82, 2.24) is 10.6 Å². The van der Waals surface area contributed by atoms with Crippen molar-refractivity contribution in [2.24, 2.45) is 5.92 Å². The normalized spacial score (nSPS) is 28.0. The summed E-state index contributed by atoms with van der Waals surface area (Å²) in [5, 5.41) is 5.69. The Morgan fingerprint density at radius 2 is 2.15 bits per heavy atom. The number of carbonyl (C=O) groups is 2. The molecule has 72 valence electrons. The van der Waals surface area contributed by atoms with Gasteiger partial charge in [-0.15, -0.1) is 0 Å². The van der Waals surface area contributed by atoms with Crippen molar-refractivity contribution >= 4 is 11.8 Å². The number of piperidine rings is 1. The fourth-order valence-electron chi connectivity index (χ4n) is 1.52. The SMILES string of the molecule is O=C1CCC(NC(=O)C2CC2)CN1. The van der Waals surface area contributed by atoms with E-state index in [0.29, 0.717) is 13.0 Å². The van der Waals surface area contributed by atoms with Crippen molar-refractivity contribution < 1.29 is 9.59 Å². The molecule has 4 nitrogen and oxygen atoms in total. The molecule has 1 heterocycles. The minimum absolute atomic E-state index is 0.0944. The lowest BCUT2D eigenvalue weighted by Gasteiger charge is -2.23. The van der Waals surface area contributed by atoms with Crippen molar-refractivity contribution in [1.29, 1.82) is 0 Å². The highest BCUT2D eigenvalue weighted by atomic mass is 16.2. The van der Waals surface area contributed by atoms with E-state index < -0.39 is 0 Å². The summed E-state index contributed by atoms with van der Waals surface area (Å²) >= 11 is 0. The zero-order valence-electron chi connectivity index (χ0n) is 7.51. The van der Waals surface area contributed by atoms with Gasteiger partial charge in [0.25, 0.3) is 0 Å². The Labute approximate surface area is 77.1 Å². The van der Waals surface area contributed by atoms with Crippen LogP contribution in [0.2, 0.25) is 0 Å². The van der Waals surface area contributed by atoms with Gasteiger partial charge in [-0.25, -0.2) is 0 Å². The maximum Gasteiger partial charge on any atom is 0.223 e. The molecular formula is C9H14N2O2. The Morgan fingerprint density at radius 3 is 2.69 bits per heavy atom. The lowest BCUT2D eigenvalue weighted by atomic mass is 10.1. The van der Waals surface area contributed by atoms with E-state index in [4.69, 9.17) is 0 Å². The molecule has 1 saturated heterocycles. The summed E-state index contributed by atoms with van der Waals surface area (Å²) in [6.07, 6.45) is 3.38. The van der Waals surface area contributed by atoms with E-state index in [1.54, 1.807) is 0 Å². The zero-order chi connectivity index (χ0) is 9.26. The molecule has 1 unspecified atom stereocenters. The molecule has 0 spiro atoms. The van der Waals surface area contributed by atoms with Crippen LogP contribution in [0.5, 0.6) is 0 Å². The first-order valence-electron chi connectivity index (χ1n) is 4.83. The summed E-state index contributed by atoms with van der Waals surface area (Å²) in [7, 11) is 0. The smallest absolute Gasteiger partial charge is 0.223 e. The molecule has 2 N–H and O–H groups in total. The van der Waals surface area contributed by atoms with E-state index >= 15 is 0 Å². The van der Waals surface area contributed by atoms with Gasteiger partial charge in [0.2, 0.25) is 11.8 Å². The first-order chi connectivity index (χ1) is 6.25. The van der Waals surface area contributed by atoms with Crippen molar-refractivity contribution in [3.8, 4) is 0 Å². The molecule has 0 aromatic carbocycles. The van der Waals surface area contributed by atoms with Crippen LogP contribution in [0, 0.1) is 5.92 Å². The number of hydrogen-bond donors (Lipinski definition) is 2. The van der Waals surface area contributed by atoms with Crippen LogP contribution in [0.15, 0.2) is 0 Å². The zero-order valence-corrected chi connectivity index (χ0v) is 7.51. The molecule has 1 saturated carbocycles. The van der Waals surface area contributed by atoms with Crippen molar-refractivity contribution in [2.75, 3.05) is 6.54 Å². The maximum atomic E-state index is 11.3. The van der Waals surface area contributed by atoms with Gasteiger partial charge in [-0.05, 0) is 19.3 Å². The van der Waals surface area contributed by atoms with Crippen LogP contribution >= 0.6 is 0 Å². The van der Waals surface area contributed by atoms with Gasteiger partial charge in [0.15, 0.2) is 0 Å². The molecule has 0 aromatic heterocycles. The molecule has 0 aromatic rings. The molecular weight excluding hydrogens is 168 g/mol. The third-order valence-corrected chi connectivity index (χ3v) is 2.56. The predicted octanol–water partition coefficient (Wildman–Crippen LogP) is -0.209. The largest absolute Gasteiger partial charge is 0.354 e. The van der Waals surface area contributed by atoms with Crippen LogP contribution < -0.4 is 10.6 Å². The van der Waals surface area contributed by atoms with Gasteiger partial charge in [-0.2, -0.15) is 0 Å². The van der Waals surface area contributed by atoms with Crippen LogP contribution in [0.1, 0.15) is 25.7 Å². The van der Waals surface area contributed by atoms with E-state index in [1.165, 1.54) is 0 Å². The van der Waals surface area contributed by atoms with Crippen molar-refractivity contribution in [3.05, 3.63) is 0 Å². The van der Waals surface area contributed by atoms with Gasteiger partial charge >= 0.3 is 0 Å². The van der Waals surface area contributed by atoms with Crippen molar-refractivity contribution in [3.63, 3.8) is 0 Å². The van der Waals surface area contributed by atoms with Gasteiger partial charge in [-0.3, -0.25) is 9.59 Å². The lowest BCUT2D eigenvalue weighted by molar-refractivity contribution is -0.126. The van der Waals surface area contributed by atoms with E-state index in [1.807, 2.05) is 0 Å². The van der Waals surface area contributed by atoms with E-state index in [2.05, 4.69) is 10.6 Å². The standard InChI is InChI=1S/C9H14N2O2/c12-8-4-3-7(5-10-8)11-9(13)6-1-2-6/h6-7H,1-5H2,(H,10,12)(H,11,13). The monoisotopic (exact) mass is 182 g/mol. The van der Waals surface area contributed by atoms with Crippen molar-refractivity contribution in [2.45, 2.75) is 31.7 Å². The Bertz CT molecular complexity index is 226. The highest BCUT2D eigenvalue weighted by Gasteiger charge is 2.31. The third-order valence-electron chi connectivity index (χ3n) is 2.56. The van der Waals surface area contributed by atoms with Gasteiger partial charge < -0.3 is 10.6 Å². The highest BCUT2D eigenvalue weighted by Crippen LogP contribution is 2.29. The predicted molar refractivity (Wildman–Crippen MR) is 46.9 cm³/mol. The van der Waals surface area contributed by atoms with E-state index in [9.17, 15) is 9.59 Å². The summed E-state index contributed by atoms with van der Waals surface area (Å²) in [5.41, 5.74) is 0. The van der Waals surface area contributed by atoms with Crippen LogP contribution in [-0.4, -0.2) is 24.4 Å². The molecule has 1 aliphatic carbocycles. The number of rotatable bonds is 2. The molecule has 1 aliphatic heterocycles. The van der Waals surface area contributed by atoms with Crippen LogP contribution in [0.3, 0.4) is 0 Å². The van der Waals surface area contributed by atoms with Gasteiger partial charge in [-0.1, -0.05) is 0 Å². The average Bonchev–Trinajstić information content (AvgIpc) is 2.91. The molecule has 1 atom stereocenters. The average molecular weight is 182 g/mol. The Morgan fingerprint density at radius 1 is 1.38 bits per heavy atom. The molecule has 2 fully saturated rings. The summed E-state index contributed by atoms with van der Waals surface area (Å²) < 4.78 is 0. The number of carbonyl (C=O) groups excluding carboxylic acids is 2. The lowest BCUT2D eigenvalue weighted by Crippen LogP contribution is -2.48. The van der Waals surface area contributed by atoms with Crippen LogP contribution in [0.25, 0.3) is 0 Å². The quantitative estimate of drug-likeness (QED) is 0.621. The van der Waals surface area contributed by atoms with Crippen LogP contribution in [0.4, 0.5) is 0 Å². The second kappa shape index (κ2) is 3.36. The minimum Gasteiger partial charge on any atom is -0.354 e. The first-order valence-corrected chi connectivity index (χ1v) is 4.83. The number of amides is 2. The van der Waals surface area contributed by atoms with Gasteiger partial charge in [0.05, 0.1) is 0 Å². The Kier molecular flexibility index (Phi) is 2.20. The Hall–Kier alpha value is -1.06. The first kappa shape index (κ1) is 8.53. The summed E-state index contributed by atoms with van der Waals surface area (Å²) in [6, 6.07) is 0.158. The minimum atomic E-state index is 0.0944. The molecule has 2 aliphatic rings. The summed E-state index contributed by atoms with van der Waals surface area (Å²) in [4.78, 5) is 22.1. The molecule has 4 heteroatoms. The molecule has 13 heavy (non-hydrogen) atoms. The Balaban J connectivity index is 1.75. The fraction of sp³-hybridized carbons (Fsp3) is 0.778. The van der Waals surface area contributed by atoms with E-state index in [0.717, 1.165) is 19.3 Å². The topological polar surface area (TPSA) is 58.2 Å². The molecule has 2 rings (SSSR count). The number of hydrogen-bond acceptors (Lipinski definition) is 2.